The van der Waals surface area contributed by atoms with Crippen LogP contribution in [0.3, 0.4) is 0 Å². The lowest BCUT2D eigenvalue weighted by Gasteiger charge is -1.92. The summed E-state index contributed by atoms with van der Waals surface area (Å²) in [6, 6.07) is 10.3. The van der Waals surface area contributed by atoms with Crippen molar-refractivity contribution in [1.82, 2.24) is 0 Å². The van der Waals surface area contributed by atoms with Crippen molar-refractivity contribution < 1.29 is 0 Å². The van der Waals surface area contributed by atoms with Crippen LogP contribution in [-0.2, 0) is 6.42 Å². The summed E-state index contributed by atoms with van der Waals surface area (Å²) in [5.41, 5.74) is 1.31. The fourth-order valence-electron chi connectivity index (χ4n) is 1.01. The third kappa shape index (κ3) is 3.98. The van der Waals surface area contributed by atoms with E-state index in [-0.39, 0.29) is 0 Å². The van der Waals surface area contributed by atoms with Gasteiger partial charge in [0, 0.05) is 0 Å². The molecular formula is C13H12. The van der Waals surface area contributed by atoms with Crippen LogP contribution < -0.4 is 0 Å². The lowest BCUT2D eigenvalue weighted by atomic mass is 10.1. The Bertz CT molecular complexity index is 323. The maximum atomic E-state index is 5.05. The summed E-state index contributed by atoms with van der Waals surface area (Å²) in [6.07, 6.45) is 13.6. The molecule has 64 valence electrons. The van der Waals surface area contributed by atoms with Gasteiger partial charge in [-0.25, -0.2) is 0 Å². The fraction of sp³-hybridized carbons (Fsp3) is 0.0769. The number of allylic oxidation sites excluding steroid dienone is 4. The van der Waals surface area contributed by atoms with E-state index in [4.69, 9.17) is 6.42 Å². The Morgan fingerprint density at radius 3 is 2.62 bits per heavy atom. The molecule has 0 aliphatic carbocycles. The van der Waals surface area contributed by atoms with E-state index in [1.54, 1.807) is 6.08 Å². The summed E-state index contributed by atoms with van der Waals surface area (Å²) < 4.78 is 0. The minimum Gasteiger partial charge on any atom is -0.115 e. The van der Waals surface area contributed by atoms with Crippen molar-refractivity contribution >= 4 is 0 Å². The monoisotopic (exact) mass is 168 g/mol. The Labute approximate surface area is 79.6 Å². The number of benzene rings is 1. The highest BCUT2D eigenvalue weighted by atomic mass is 13.9. The van der Waals surface area contributed by atoms with Gasteiger partial charge < -0.3 is 0 Å². The molecular weight excluding hydrogens is 156 g/mol. The number of terminal acetylenes is 1. The van der Waals surface area contributed by atoms with Crippen LogP contribution in [0, 0.1) is 12.3 Å². The molecule has 0 aliphatic rings. The molecule has 0 saturated carbocycles. The molecule has 0 aromatic heterocycles. The van der Waals surface area contributed by atoms with E-state index in [1.807, 2.05) is 30.4 Å². The van der Waals surface area contributed by atoms with Crippen LogP contribution in [0.4, 0.5) is 0 Å². The van der Waals surface area contributed by atoms with E-state index >= 15 is 0 Å². The van der Waals surface area contributed by atoms with Gasteiger partial charge in [0.25, 0.3) is 0 Å². The van der Waals surface area contributed by atoms with Crippen LogP contribution in [0.2, 0.25) is 0 Å². The van der Waals surface area contributed by atoms with E-state index in [9.17, 15) is 0 Å². The summed E-state index contributed by atoms with van der Waals surface area (Å²) in [5, 5.41) is 0. The molecule has 0 fully saturated rings. The molecule has 0 atom stereocenters. The van der Waals surface area contributed by atoms with Crippen molar-refractivity contribution in [2.45, 2.75) is 6.42 Å². The third-order valence-corrected chi connectivity index (χ3v) is 1.64. The summed E-state index contributed by atoms with van der Waals surface area (Å²) in [6.45, 7) is 0. The quantitative estimate of drug-likeness (QED) is 0.481. The normalized spacial score (nSPS) is 10.7. The predicted octanol–water partition coefficient (Wildman–Crippen LogP) is 2.97. The number of hydrogen-bond acceptors (Lipinski definition) is 0. The Hall–Kier alpha value is -1.74. The Balaban J connectivity index is 2.40. The molecule has 0 nitrogen and oxygen atoms in total. The van der Waals surface area contributed by atoms with Crippen LogP contribution in [0.15, 0.2) is 54.6 Å². The van der Waals surface area contributed by atoms with Crippen LogP contribution in [0.25, 0.3) is 0 Å². The molecule has 0 bridgehead atoms. The highest BCUT2D eigenvalue weighted by molar-refractivity contribution is 5.20. The first-order valence-corrected chi connectivity index (χ1v) is 4.25. The van der Waals surface area contributed by atoms with E-state index in [0.717, 1.165) is 6.42 Å². The average Bonchev–Trinajstić information content (AvgIpc) is 2.19. The van der Waals surface area contributed by atoms with Gasteiger partial charge in [-0.1, -0.05) is 54.5 Å². The topological polar surface area (TPSA) is 0 Å². The first kappa shape index (κ1) is 9.35. The van der Waals surface area contributed by atoms with Crippen molar-refractivity contribution in [2.75, 3.05) is 0 Å². The minimum absolute atomic E-state index is 0.954. The zero-order chi connectivity index (χ0) is 9.36. The van der Waals surface area contributed by atoms with E-state index < -0.39 is 0 Å². The van der Waals surface area contributed by atoms with E-state index in [1.165, 1.54) is 5.56 Å². The highest BCUT2D eigenvalue weighted by Crippen LogP contribution is 1.99. The summed E-state index contributed by atoms with van der Waals surface area (Å²) in [5.74, 6) is 2.43. The Morgan fingerprint density at radius 2 is 1.92 bits per heavy atom. The van der Waals surface area contributed by atoms with Crippen LogP contribution in [0.5, 0.6) is 0 Å². The molecule has 13 heavy (non-hydrogen) atoms. The molecule has 1 rings (SSSR count). The first-order chi connectivity index (χ1) is 6.43. The van der Waals surface area contributed by atoms with Gasteiger partial charge in [0.1, 0.15) is 0 Å². The van der Waals surface area contributed by atoms with E-state index in [2.05, 4.69) is 24.1 Å². The number of hydrogen-bond donors (Lipinski definition) is 0. The fourth-order valence-corrected chi connectivity index (χ4v) is 1.01. The molecule has 0 saturated heterocycles. The average molecular weight is 168 g/mol. The van der Waals surface area contributed by atoms with Gasteiger partial charge in [0.2, 0.25) is 0 Å². The molecule has 0 unspecified atom stereocenters. The molecule has 1 aromatic rings. The van der Waals surface area contributed by atoms with Gasteiger partial charge in [0.15, 0.2) is 0 Å². The Morgan fingerprint density at radius 1 is 1.15 bits per heavy atom. The van der Waals surface area contributed by atoms with Crippen LogP contribution in [0.1, 0.15) is 5.56 Å². The van der Waals surface area contributed by atoms with Gasteiger partial charge in [0.05, 0.1) is 0 Å². The van der Waals surface area contributed by atoms with Crippen molar-refractivity contribution in [3.63, 3.8) is 0 Å². The lowest BCUT2D eigenvalue weighted by Crippen LogP contribution is -1.77. The highest BCUT2D eigenvalue weighted by Gasteiger charge is 1.83. The zero-order valence-corrected chi connectivity index (χ0v) is 7.48. The smallest absolute Gasteiger partial charge is 0.00943 e. The van der Waals surface area contributed by atoms with Gasteiger partial charge in [-0.15, -0.1) is 6.42 Å². The molecule has 0 spiro atoms. The number of rotatable bonds is 3. The summed E-state index contributed by atoms with van der Waals surface area (Å²) in [4.78, 5) is 0. The summed E-state index contributed by atoms with van der Waals surface area (Å²) >= 11 is 0. The van der Waals surface area contributed by atoms with E-state index in [0.29, 0.717) is 0 Å². The second kappa shape index (κ2) is 5.85. The van der Waals surface area contributed by atoms with Crippen molar-refractivity contribution in [3.05, 3.63) is 60.2 Å². The largest absolute Gasteiger partial charge is 0.115 e. The molecule has 0 aliphatic heterocycles. The first-order valence-electron chi connectivity index (χ1n) is 4.25. The predicted molar refractivity (Wildman–Crippen MR) is 57.3 cm³/mol. The third-order valence-electron chi connectivity index (χ3n) is 1.64. The molecule has 0 N–H and O–H groups in total. The van der Waals surface area contributed by atoms with Crippen molar-refractivity contribution in [2.24, 2.45) is 0 Å². The standard InChI is InChI=1S/C13H12/c1-2-3-4-5-7-10-13-11-8-6-9-12-13/h1,3-9,11-12H,10H2/b4-3-,7-5-. The van der Waals surface area contributed by atoms with Crippen molar-refractivity contribution in [3.8, 4) is 12.3 Å². The molecule has 0 heteroatoms. The molecule has 1 aromatic carbocycles. The molecule has 0 radical (unpaired) electrons. The van der Waals surface area contributed by atoms with Gasteiger partial charge in [-0.3, -0.25) is 0 Å². The van der Waals surface area contributed by atoms with Crippen LogP contribution in [-0.4, -0.2) is 0 Å². The summed E-state index contributed by atoms with van der Waals surface area (Å²) in [7, 11) is 0. The second-order valence-electron chi connectivity index (χ2n) is 2.64. The minimum atomic E-state index is 0.954. The zero-order valence-electron chi connectivity index (χ0n) is 7.48. The maximum absolute atomic E-state index is 5.05. The van der Waals surface area contributed by atoms with Gasteiger partial charge in [-0.05, 0) is 18.1 Å². The second-order valence-corrected chi connectivity index (χ2v) is 2.64. The van der Waals surface area contributed by atoms with Crippen LogP contribution >= 0.6 is 0 Å². The molecule has 0 amide bonds. The maximum Gasteiger partial charge on any atom is -0.00943 e. The Kier molecular flexibility index (Phi) is 4.21. The molecule has 0 heterocycles. The van der Waals surface area contributed by atoms with Crippen molar-refractivity contribution in [1.29, 1.82) is 0 Å². The van der Waals surface area contributed by atoms with Gasteiger partial charge >= 0.3 is 0 Å². The lowest BCUT2D eigenvalue weighted by molar-refractivity contribution is 1.27. The van der Waals surface area contributed by atoms with Gasteiger partial charge in [-0.2, -0.15) is 0 Å². The SMILES string of the molecule is C#C/C=C\C=C/Cc1ccccc1.